The second-order valence-electron chi connectivity index (χ2n) is 6.27. The monoisotopic (exact) mass is 415 g/mol. The first-order valence-corrected chi connectivity index (χ1v) is 9.95. The van der Waals surface area contributed by atoms with Crippen molar-refractivity contribution < 1.29 is 14.6 Å². The Balaban J connectivity index is 1.80. The summed E-state index contributed by atoms with van der Waals surface area (Å²) in [6.45, 7) is 2.99. The van der Waals surface area contributed by atoms with Crippen LogP contribution in [-0.4, -0.2) is 46.7 Å². The summed E-state index contributed by atoms with van der Waals surface area (Å²) >= 11 is 7.82. The fourth-order valence-electron chi connectivity index (χ4n) is 3.03. The second kappa shape index (κ2) is 8.36. The van der Waals surface area contributed by atoms with Crippen molar-refractivity contribution in [3.05, 3.63) is 59.2 Å². The average Bonchev–Trinajstić information content (AvgIpc) is 2.71. The van der Waals surface area contributed by atoms with Gasteiger partial charge in [-0.25, -0.2) is 9.10 Å². The van der Waals surface area contributed by atoms with Crippen molar-refractivity contribution in [2.24, 2.45) is 0 Å². The number of rotatable bonds is 5. The highest BCUT2D eigenvalue weighted by molar-refractivity contribution is 7.97. The number of pyridine rings is 1. The molecule has 0 amide bonds. The first-order valence-electron chi connectivity index (χ1n) is 8.80. The van der Waals surface area contributed by atoms with Gasteiger partial charge in [0.2, 0.25) is 0 Å². The van der Waals surface area contributed by atoms with Crippen LogP contribution in [0.25, 0.3) is 10.9 Å². The van der Waals surface area contributed by atoms with Gasteiger partial charge in [0.25, 0.3) is 0 Å². The number of nitrogens with one attached hydrogen (secondary N) is 1. The first kappa shape index (κ1) is 19.0. The lowest BCUT2D eigenvalue weighted by molar-refractivity contribution is 0.0698. The van der Waals surface area contributed by atoms with Gasteiger partial charge in [0.15, 0.2) is 0 Å². The molecule has 2 aromatic carbocycles. The number of ether oxygens (including phenoxy) is 1. The van der Waals surface area contributed by atoms with E-state index in [1.165, 1.54) is 0 Å². The van der Waals surface area contributed by atoms with Gasteiger partial charge in [-0.3, -0.25) is 4.98 Å². The molecule has 0 atom stereocenters. The molecule has 1 aliphatic rings. The van der Waals surface area contributed by atoms with E-state index in [-0.39, 0.29) is 5.56 Å². The van der Waals surface area contributed by atoms with Crippen LogP contribution in [0.1, 0.15) is 10.4 Å². The molecule has 4 rings (SSSR count). The van der Waals surface area contributed by atoms with Crippen molar-refractivity contribution in [1.29, 1.82) is 0 Å². The van der Waals surface area contributed by atoms with Crippen molar-refractivity contribution in [3.8, 4) is 0 Å². The van der Waals surface area contributed by atoms with Crippen LogP contribution in [0.4, 0.5) is 11.4 Å². The van der Waals surface area contributed by atoms with E-state index in [1.54, 1.807) is 42.3 Å². The van der Waals surface area contributed by atoms with Crippen molar-refractivity contribution in [2.45, 2.75) is 4.90 Å². The van der Waals surface area contributed by atoms with Gasteiger partial charge >= 0.3 is 5.97 Å². The van der Waals surface area contributed by atoms with Gasteiger partial charge in [-0.1, -0.05) is 23.7 Å². The molecule has 0 saturated carbocycles. The molecule has 3 aromatic rings. The molecule has 0 bridgehead atoms. The zero-order valence-corrected chi connectivity index (χ0v) is 16.5. The molecular formula is C20H18ClN3O3S. The molecule has 0 aliphatic carbocycles. The van der Waals surface area contributed by atoms with E-state index < -0.39 is 5.97 Å². The topological polar surface area (TPSA) is 74.7 Å². The van der Waals surface area contributed by atoms with Crippen molar-refractivity contribution in [1.82, 2.24) is 9.29 Å². The lowest BCUT2D eigenvalue weighted by Crippen LogP contribution is -2.31. The minimum atomic E-state index is -0.984. The highest BCUT2D eigenvalue weighted by Gasteiger charge is 2.18. The fraction of sp³-hybridized carbons (Fsp3) is 0.200. The first-order chi connectivity index (χ1) is 13.6. The van der Waals surface area contributed by atoms with Crippen molar-refractivity contribution >= 4 is 51.8 Å². The summed E-state index contributed by atoms with van der Waals surface area (Å²) in [5, 5.41) is 14.3. The standard InChI is InChI=1S/C20H18ClN3O3S/c21-13-5-6-16-15(11-13)19(23-17-4-2-1-3-14(17)20(25)26)18(12-22-16)28-24-7-9-27-10-8-24/h1-6,11-12H,7-10H2,(H,22,23)(H,25,26). The third kappa shape index (κ3) is 4.07. The molecule has 8 heteroatoms. The number of aromatic nitrogens is 1. The average molecular weight is 416 g/mol. The highest BCUT2D eigenvalue weighted by Crippen LogP contribution is 2.38. The van der Waals surface area contributed by atoms with E-state index in [9.17, 15) is 9.90 Å². The van der Waals surface area contributed by atoms with E-state index in [1.807, 2.05) is 18.3 Å². The van der Waals surface area contributed by atoms with Crippen LogP contribution in [0.5, 0.6) is 0 Å². The van der Waals surface area contributed by atoms with Crippen molar-refractivity contribution in [2.75, 3.05) is 31.6 Å². The number of para-hydroxylation sites is 1. The molecule has 2 N–H and O–H groups in total. The lowest BCUT2D eigenvalue weighted by Gasteiger charge is -2.26. The number of hydrogen-bond acceptors (Lipinski definition) is 6. The zero-order valence-electron chi connectivity index (χ0n) is 14.9. The SMILES string of the molecule is O=C(O)c1ccccc1Nc1c(SN2CCOCC2)cnc2ccc(Cl)cc12. The summed E-state index contributed by atoms with van der Waals surface area (Å²) in [5.74, 6) is -0.984. The molecule has 0 spiro atoms. The van der Waals surface area contributed by atoms with Crippen LogP contribution in [0, 0.1) is 0 Å². The maximum atomic E-state index is 11.6. The Kier molecular flexibility index (Phi) is 5.68. The molecule has 1 aliphatic heterocycles. The van der Waals surface area contributed by atoms with Crippen LogP contribution in [0.2, 0.25) is 5.02 Å². The molecule has 0 radical (unpaired) electrons. The number of carboxylic acid groups (broad SMARTS) is 1. The van der Waals surface area contributed by atoms with E-state index in [0.717, 1.165) is 34.6 Å². The molecule has 28 heavy (non-hydrogen) atoms. The number of morpholine rings is 1. The Hall–Kier alpha value is -2.32. The Morgan fingerprint density at radius 3 is 2.79 bits per heavy atom. The molecule has 0 unspecified atom stereocenters. The van der Waals surface area contributed by atoms with Gasteiger partial charge in [0, 0.05) is 29.7 Å². The summed E-state index contributed by atoms with van der Waals surface area (Å²) in [6.07, 6.45) is 1.81. The van der Waals surface area contributed by atoms with E-state index in [0.29, 0.717) is 23.9 Å². The van der Waals surface area contributed by atoms with Crippen LogP contribution in [0.15, 0.2) is 53.6 Å². The van der Waals surface area contributed by atoms with E-state index in [4.69, 9.17) is 16.3 Å². The molecule has 2 heterocycles. The Bertz CT molecular complexity index is 1020. The number of halogens is 1. The number of carboxylic acids is 1. The van der Waals surface area contributed by atoms with Crippen LogP contribution >= 0.6 is 23.5 Å². The normalized spacial score (nSPS) is 14.9. The number of anilines is 2. The zero-order chi connectivity index (χ0) is 19.5. The number of fused-ring (bicyclic) bond motifs is 1. The second-order valence-corrected chi connectivity index (χ2v) is 7.84. The van der Waals surface area contributed by atoms with E-state index in [2.05, 4.69) is 14.6 Å². The molecular weight excluding hydrogens is 398 g/mol. The van der Waals surface area contributed by atoms with Crippen LogP contribution < -0.4 is 5.32 Å². The summed E-state index contributed by atoms with van der Waals surface area (Å²) < 4.78 is 7.64. The lowest BCUT2D eigenvalue weighted by atomic mass is 10.1. The number of nitrogens with zero attached hydrogens (tertiary/aromatic N) is 2. The van der Waals surface area contributed by atoms with Gasteiger partial charge in [-0.2, -0.15) is 0 Å². The van der Waals surface area contributed by atoms with Gasteiger partial charge in [-0.15, -0.1) is 0 Å². The largest absolute Gasteiger partial charge is 0.478 e. The van der Waals surface area contributed by atoms with Gasteiger partial charge in [0.1, 0.15) is 0 Å². The number of benzene rings is 2. The quantitative estimate of drug-likeness (QED) is 0.586. The molecule has 1 saturated heterocycles. The number of hydrogen-bond donors (Lipinski definition) is 2. The summed E-state index contributed by atoms with van der Waals surface area (Å²) in [4.78, 5) is 17.1. The Labute approximate surface area is 171 Å². The van der Waals surface area contributed by atoms with E-state index >= 15 is 0 Å². The summed E-state index contributed by atoms with van der Waals surface area (Å²) in [7, 11) is 0. The molecule has 1 aromatic heterocycles. The predicted octanol–water partition coefficient (Wildman–Crippen LogP) is 4.67. The van der Waals surface area contributed by atoms with Crippen LogP contribution in [0.3, 0.4) is 0 Å². The Morgan fingerprint density at radius 1 is 1.21 bits per heavy atom. The third-order valence-corrected chi connectivity index (χ3v) is 5.77. The third-order valence-electron chi connectivity index (χ3n) is 4.41. The number of carbonyl (C=O) groups is 1. The van der Waals surface area contributed by atoms with Crippen molar-refractivity contribution in [3.63, 3.8) is 0 Å². The summed E-state index contributed by atoms with van der Waals surface area (Å²) in [5.41, 5.74) is 2.30. The van der Waals surface area contributed by atoms with Gasteiger partial charge in [-0.05, 0) is 42.3 Å². The minimum Gasteiger partial charge on any atom is -0.478 e. The summed E-state index contributed by atoms with van der Waals surface area (Å²) in [6, 6.07) is 12.3. The minimum absolute atomic E-state index is 0.205. The van der Waals surface area contributed by atoms with Gasteiger partial charge < -0.3 is 15.2 Å². The maximum Gasteiger partial charge on any atom is 0.337 e. The Morgan fingerprint density at radius 2 is 2.00 bits per heavy atom. The number of aromatic carboxylic acids is 1. The van der Waals surface area contributed by atoms with Gasteiger partial charge in [0.05, 0.1) is 40.6 Å². The van der Waals surface area contributed by atoms with Crippen LogP contribution in [-0.2, 0) is 4.74 Å². The molecule has 1 fully saturated rings. The fourth-order valence-corrected chi connectivity index (χ4v) is 4.17. The molecule has 144 valence electrons. The predicted molar refractivity (Wildman–Crippen MR) is 112 cm³/mol. The maximum absolute atomic E-state index is 11.6. The smallest absolute Gasteiger partial charge is 0.337 e. The highest BCUT2D eigenvalue weighted by atomic mass is 35.5. The molecule has 6 nitrogen and oxygen atoms in total.